The lowest BCUT2D eigenvalue weighted by atomic mass is 10.0. The van der Waals surface area contributed by atoms with Gasteiger partial charge in [-0.25, -0.2) is 14.3 Å². The molecule has 0 aliphatic carbocycles. The first-order valence-corrected chi connectivity index (χ1v) is 45.4. The number of carbonyl (C=O) groups is 8. The summed E-state index contributed by atoms with van der Waals surface area (Å²) in [4.78, 5) is 119. The molecular formula is C98H110ClN25O21. The average Bonchev–Trinajstić information content (AvgIpc) is 1.80. The number of esters is 1. The Morgan fingerprint density at radius 3 is 1.15 bits per heavy atom. The van der Waals surface area contributed by atoms with Crippen molar-refractivity contribution < 1.29 is 98.7 Å². The zero-order valence-corrected chi connectivity index (χ0v) is 82.3. The molecule has 0 aromatic carbocycles. The summed E-state index contributed by atoms with van der Waals surface area (Å²) in [5.74, 6) is -1.09. The number of alkyl carbamates (subject to hydrolysis) is 1. The zero-order chi connectivity index (χ0) is 102. The summed E-state index contributed by atoms with van der Waals surface area (Å²) in [6.45, 7) is 21.4. The van der Waals surface area contributed by atoms with Crippen LogP contribution in [0.25, 0.3) is 90.8 Å². The van der Waals surface area contributed by atoms with E-state index in [4.69, 9.17) is 60.3 Å². The Bertz CT molecular complexity index is 6860. The summed E-state index contributed by atoms with van der Waals surface area (Å²) >= 11 is 0. The molecule has 0 fully saturated rings. The van der Waals surface area contributed by atoms with E-state index < -0.39 is 53.8 Å². The molecule has 0 saturated carbocycles. The Hall–Kier alpha value is -16.8. The number of ether oxygens (including phenoxy) is 9. The lowest BCUT2D eigenvalue weighted by Crippen LogP contribution is -2.48. The number of aromatic nitrogens is 20. The van der Waals surface area contributed by atoms with E-state index in [1.54, 1.807) is 211 Å². The van der Waals surface area contributed by atoms with Crippen molar-refractivity contribution in [3.63, 3.8) is 0 Å². The second-order valence-corrected chi connectivity index (χ2v) is 33.1. The average molecular weight is 2010 g/mol. The van der Waals surface area contributed by atoms with Crippen molar-refractivity contribution in [3.8, 4) is 90.8 Å². The monoisotopic (exact) mass is 2010 g/mol. The van der Waals surface area contributed by atoms with Crippen LogP contribution in [0, 0.1) is 18.8 Å². The van der Waals surface area contributed by atoms with Gasteiger partial charge in [-0.05, 0) is 131 Å². The summed E-state index contributed by atoms with van der Waals surface area (Å²) in [5.41, 5.74) is 9.22. The first kappa shape index (κ1) is 107. The standard InChI is InChI=1S/C29H35N7O6.C26H28N6O7.C22H24N6O4.C21H22N6O4.ClH/c1-18(2)24(33-28(39)42-29(3,4)5)27(38)36-16-19(15-31-36)22-10-11-23(41-22)26(37)32-21-17-35(13-14-40-6)34-25(21)20-9-7-8-12-30-20;1-16(2)25(34)37-17(3)38-26(35)32-14-18(13-28-32)21-8-9-22(39-21)24(33)29-20-15-31(11-12-36-4)30-23(20)19-7-5-6-10-27-19;1-15-16(13-24-26-15)19-6-7-20(32-19)22(29)25-18-14-28(9-10-31-12-11-30-2)27-21(18)17-5-3-4-8-23-17;1-29-10-11-30-9-8-27-14-17(20(26-27)16-4-2-3-7-22-16)25-21(28)19-6-5-18(31-19)15-12-23-24-13-15;/h7-12,15-18,24H,13-14H2,1-6H3,(H,32,37)(H,33,39);5-10,13-17H,11-12H2,1-4H3,(H,29,33);3-8,13-14H,9-12H2,1-2H3,(H,24,26)(H,25,29);2-7,12-14H,8-11H2,1H3,(H,23,24)(H,25,28);1H/t24-;;;;/m0..../s1. The van der Waals surface area contributed by atoms with Crippen molar-refractivity contribution in [1.82, 2.24) is 104 Å². The van der Waals surface area contributed by atoms with E-state index in [0.29, 0.717) is 182 Å². The Kier molecular flexibility index (Phi) is 38.5. The molecule has 0 spiro atoms. The number of hydrogen-bond donors (Lipinski definition) is 7. The number of anilines is 4. The van der Waals surface area contributed by atoms with Crippen molar-refractivity contribution >= 4 is 82.8 Å². The van der Waals surface area contributed by atoms with Gasteiger partial charge in [0, 0.05) is 109 Å². The number of methoxy groups -OCH3 is 4. The molecule has 16 heterocycles. The summed E-state index contributed by atoms with van der Waals surface area (Å²) in [5, 5.41) is 53.9. The lowest BCUT2D eigenvalue weighted by Gasteiger charge is -2.24. The van der Waals surface area contributed by atoms with E-state index in [0.717, 1.165) is 26.2 Å². The van der Waals surface area contributed by atoms with Crippen LogP contribution in [-0.4, -0.2) is 246 Å². The predicted molar refractivity (Wildman–Crippen MR) is 528 cm³/mol. The van der Waals surface area contributed by atoms with E-state index in [1.165, 1.54) is 43.8 Å². The van der Waals surface area contributed by atoms with Crippen molar-refractivity contribution in [2.45, 2.75) is 106 Å². The van der Waals surface area contributed by atoms with E-state index in [-0.39, 0.29) is 59.1 Å². The van der Waals surface area contributed by atoms with Crippen LogP contribution in [0.3, 0.4) is 0 Å². The number of aromatic amines is 2. The number of halogens is 1. The van der Waals surface area contributed by atoms with Gasteiger partial charge in [0.15, 0.2) is 23.0 Å². The fraction of sp³-hybridized carbons (Fsp3) is 0.306. The van der Waals surface area contributed by atoms with Gasteiger partial charge in [0.1, 0.15) is 57.5 Å². The van der Waals surface area contributed by atoms with Crippen LogP contribution < -0.4 is 26.6 Å². The van der Waals surface area contributed by atoms with Crippen LogP contribution in [0.2, 0.25) is 0 Å². The third kappa shape index (κ3) is 30.1. The van der Waals surface area contributed by atoms with Crippen LogP contribution in [0.5, 0.6) is 0 Å². The second-order valence-electron chi connectivity index (χ2n) is 33.1. The Morgan fingerprint density at radius 2 is 0.800 bits per heavy atom. The largest absolute Gasteiger partial charge is 0.451 e. The number of furan rings is 4. The van der Waals surface area contributed by atoms with Crippen LogP contribution in [0.15, 0.2) is 232 Å². The number of carbonyl (C=O) groups excluding carboxylic acids is 8. The molecule has 16 rings (SSSR count). The molecule has 47 heteroatoms. The normalized spacial score (nSPS) is 11.5. The number of rotatable bonds is 40. The van der Waals surface area contributed by atoms with E-state index in [2.05, 4.69) is 97.5 Å². The molecule has 0 radical (unpaired) electrons. The smallest absolute Gasteiger partial charge is 0.437 e. The van der Waals surface area contributed by atoms with Gasteiger partial charge in [-0.3, -0.25) is 77.6 Å². The van der Waals surface area contributed by atoms with Crippen LogP contribution in [-0.2, 0) is 73.6 Å². The highest BCUT2D eigenvalue weighted by molar-refractivity contribution is 6.07. The molecule has 1 unspecified atom stereocenters. The van der Waals surface area contributed by atoms with Gasteiger partial charge in [0.25, 0.3) is 29.5 Å². The summed E-state index contributed by atoms with van der Waals surface area (Å²) in [6.07, 6.45) is 21.6. The Morgan fingerprint density at radius 1 is 0.421 bits per heavy atom. The van der Waals surface area contributed by atoms with E-state index in [1.807, 2.05) is 69.3 Å². The number of nitrogens with one attached hydrogen (secondary N) is 7. The van der Waals surface area contributed by atoms with Crippen LogP contribution in [0.1, 0.15) is 108 Å². The Labute approximate surface area is 836 Å². The number of amides is 5. The first-order chi connectivity index (χ1) is 69.6. The molecule has 2 atom stereocenters. The van der Waals surface area contributed by atoms with Crippen molar-refractivity contribution in [3.05, 3.63) is 243 Å². The topological polar surface area (TPSA) is 548 Å². The Balaban J connectivity index is 0.000000173. The molecule has 0 bridgehead atoms. The molecule has 0 saturated heterocycles. The molecule has 0 aliphatic heterocycles. The first-order valence-electron chi connectivity index (χ1n) is 45.4. The fourth-order valence-corrected chi connectivity index (χ4v) is 13.4. The van der Waals surface area contributed by atoms with Gasteiger partial charge in [-0.1, -0.05) is 52.0 Å². The van der Waals surface area contributed by atoms with Gasteiger partial charge >= 0.3 is 18.2 Å². The van der Waals surface area contributed by atoms with Crippen LogP contribution in [0.4, 0.5) is 32.3 Å². The maximum absolute atomic E-state index is 13.2. The molecule has 16 aromatic rings. The highest BCUT2D eigenvalue weighted by Gasteiger charge is 2.32. The summed E-state index contributed by atoms with van der Waals surface area (Å²) < 4.78 is 78.4. The molecular weight excluding hydrogens is 1900 g/mol. The summed E-state index contributed by atoms with van der Waals surface area (Å²) in [6, 6.07) is 34.0. The quantitative estimate of drug-likeness (QED) is 0.0107. The van der Waals surface area contributed by atoms with Gasteiger partial charge in [-0.2, -0.15) is 45.5 Å². The maximum Gasteiger partial charge on any atom is 0.437 e. The minimum atomic E-state index is -1.09. The highest BCUT2D eigenvalue weighted by Crippen LogP contribution is 2.34. The van der Waals surface area contributed by atoms with Gasteiger partial charge in [0.05, 0.1) is 178 Å². The van der Waals surface area contributed by atoms with Crippen LogP contribution >= 0.6 is 12.4 Å². The summed E-state index contributed by atoms with van der Waals surface area (Å²) in [7, 11) is 6.45. The molecule has 7 N–H and O–H groups in total. The lowest BCUT2D eigenvalue weighted by molar-refractivity contribution is -0.168. The highest BCUT2D eigenvalue weighted by atomic mass is 35.5. The van der Waals surface area contributed by atoms with E-state index in [9.17, 15) is 38.4 Å². The third-order valence-corrected chi connectivity index (χ3v) is 20.5. The fourth-order valence-electron chi connectivity index (χ4n) is 13.4. The van der Waals surface area contributed by atoms with Crippen molar-refractivity contribution in [2.75, 3.05) is 103 Å². The minimum absolute atomic E-state index is 0. The predicted octanol–water partition coefficient (Wildman–Crippen LogP) is 14.7. The van der Waals surface area contributed by atoms with Crippen molar-refractivity contribution in [2.24, 2.45) is 11.8 Å². The zero-order valence-electron chi connectivity index (χ0n) is 81.5. The molecule has 46 nitrogen and oxygen atoms in total. The minimum Gasteiger partial charge on any atom is -0.451 e. The number of aryl methyl sites for hydroxylation is 1. The SMILES string of the molecule is COCCOCCn1cc(NC(=O)c2ccc(-c3cn[nH]c3)o2)c(-c2ccccn2)n1.COCCOCCn1cc(NC(=O)c2ccc(-c3cn[nH]c3C)o2)c(-c2ccccn2)n1.COCCn1cc(NC(=O)c2ccc(-c3cnn(C(=O)OC(C)OC(=O)C(C)C)c3)o2)c(-c2ccccn2)n1.COCCn1cc(NC(=O)c2ccc(-c3cnn(C(=O)[C@@H](NC(=O)OC(C)(C)C)C(C)C)c3)o2)c(-c2ccccn2)n1.Cl. The van der Waals surface area contributed by atoms with Gasteiger partial charge < -0.3 is 86.9 Å². The number of hydrogen-bond acceptors (Lipinski definition) is 33. The van der Waals surface area contributed by atoms with Gasteiger partial charge in [-0.15, -0.1) is 12.4 Å². The van der Waals surface area contributed by atoms with Gasteiger partial charge in [0.2, 0.25) is 6.29 Å². The maximum atomic E-state index is 13.2. The second kappa shape index (κ2) is 52.1. The molecule has 0 aliphatic rings. The van der Waals surface area contributed by atoms with E-state index >= 15 is 0 Å². The third-order valence-electron chi connectivity index (χ3n) is 20.5. The molecule has 760 valence electrons. The molecule has 5 amide bonds. The molecule has 145 heavy (non-hydrogen) atoms. The van der Waals surface area contributed by atoms with Crippen molar-refractivity contribution in [1.29, 1.82) is 0 Å². The number of nitrogens with zero attached hydrogens (tertiary/aromatic N) is 18. The number of pyridine rings is 4. The number of H-pyrrole nitrogens is 2. The molecule has 16 aromatic heterocycles.